The molecule has 0 aromatic carbocycles. The molecule has 1 N–H and O–H groups in total. The Morgan fingerprint density at radius 1 is 1.50 bits per heavy atom. The van der Waals surface area contributed by atoms with E-state index in [-0.39, 0.29) is 11.7 Å². The first-order valence-electron chi connectivity index (χ1n) is 7.12. The summed E-state index contributed by atoms with van der Waals surface area (Å²) in [5, 5.41) is 3.35. The van der Waals surface area contributed by atoms with Crippen molar-refractivity contribution in [3.05, 3.63) is 0 Å². The number of carbonyl (C=O) groups is 1. The molecular formula is C14H26N2O2. The molecule has 18 heavy (non-hydrogen) atoms. The molecule has 1 amide bonds. The van der Waals surface area contributed by atoms with Gasteiger partial charge in [0.05, 0.1) is 11.7 Å². The number of rotatable bonds is 3. The van der Waals surface area contributed by atoms with Gasteiger partial charge in [-0.15, -0.1) is 0 Å². The number of hydrogen-bond acceptors (Lipinski definition) is 3. The number of amides is 1. The maximum atomic E-state index is 12.2. The molecule has 0 saturated carbocycles. The number of carbonyl (C=O) groups excluding carboxylic acids is 1. The van der Waals surface area contributed by atoms with Crippen molar-refractivity contribution in [2.75, 3.05) is 26.2 Å². The summed E-state index contributed by atoms with van der Waals surface area (Å²) in [6, 6.07) is 0. The molecule has 2 fully saturated rings. The van der Waals surface area contributed by atoms with E-state index < -0.39 is 0 Å². The zero-order valence-corrected chi connectivity index (χ0v) is 11.9. The summed E-state index contributed by atoms with van der Waals surface area (Å²) < 4.78 is 5.83. The minimum absolute atomic E-state index is 0.144. The van der Waals surface area contributed by atoms with Gasteiger partial charge in [0.1, 0.15) is 0 Å². The topological polar surface area (TPSA) is 41.6 Å². The number of nitrogens with zero attached hydrogens (tertiary/aromatic N) is 1. The van der Waals surface area contributed by atoms with Crippen LogP contribution in [0.3, 0.4) is 0 Å². The van der Waals surface area contributed by atoms with E-state index >= 15 is 0 Å². The third kappa shape index (κ3) is 3.69. The maximum Gasteiger partial charge on any atom is 0.222 e. The number of ether oxygens (including phenoxy) is 1. The van der Waals surface area contributed by atoms with Gasteiger partial charge in [0.25, 0.3) is 0 Å². The highest BCUT2D eigenvalue weighted by atomic mass is 16.5. The maximum absolute atomic E-state index is 12.2. The zero-order valence-electron chi connectivity index (χ0n) is 11.9. The molecule has 2 atom stereocenters. The molecular weight excluding hydrogens is 228 g/mol. The third-order valence-corrected chi connectivity index (χ3v) is 3.85. The van der Waals surface area contributed by atoms with E-state index in [0.29, 0.717) is 18.2 Å². The van der Waals surface area contributed by atoms with Crippen molar-refractivity contribution < 1.29 is 9.53 Å². The van der Waals surface area contributed by atoms with Gasteiger partial charge in [-0.3, -0.25) is 4.79 Å². The summed E-state index contributed by atoms with van der Waals surface area (Å²) in [7, 11) is 0. The summed E-state index contributed by atoms with van der Waals surface area (Å²) in [5.41, 5.74) is -0.206. The Morgan fingerprint density at radius 2 is 2.28 bits per heavy atom. The Hall–Kier alpha value is -0.610. The average Bonchev–Trinajstić information content (AvgIpc) is 2.75. The largest absolute Gasteiger partial charge is 0.369 e. The summed E-state index contributed by atoms with van der Waals surface area (Å²) in [6.45, 7) is 9.82. The van der Waals surface area contributed by atoms with Crippen molar-refractivity contribution in [3.63, 3.8) is 0 Å². The first-order chi connectivity index (χ1) is 8.46. The third-order valence-electron chi connectivity index (χ3n) is 3.85. The van der Waals surface area contributed by atoms with Crippen molar-refractivity contribution in [1.82, 2.24) is 10.2 Å². The van der Waals surface area contributed by atoms with Crippen LogP contribution in [0, 0.1) is 5.92 Å². The van der Waals surface area contributed by atoms with Gasteiger partial charge in [-0.2, -0.15) is 0 Å². The lowest BCUT2D eigenvalue weighted by Gasteiger charge is -2.41. The van der Waals surface area contributed by atoms with E-state index in [1.165, 1.54) is 6.42 Å². The highest BCUT2D eigenvalue weighted by Crippen LogP contribution is 2.22. The van der Waals surface area contributed by atoms with Crippen LogP contribution in [0.1, 0.15) is 40.0 Å². The number of nitrogens with one attached hydrogen (secondary N) is 1. The molecule has 0 aromatic heterocycles. The fraction of sp³-hybridized carbons (Fsp3) is 0.929. The highest BCUT2D eigenvalue weighted by molar-refractivity contribution is 5.76. The average molecular weight is 254 g/mol. The molecule has 4 heteroatoms. The smallest absolute Gasteiger partial charge is 0.222 e. The summed E-state index contributed by atoms with van der Waals surface area (Å²) in [5.74, 6) is 0.991. The fourth-order valence-electron chi connectivity index (χ4n) is 3.09. The van der Waals surface area contributed by atoms with E-state index in [4.69, 9.17) is 4.74 Å². The molecule has 0 spiro atoms. The second kappa shape index (κ2) is 5.57. The van der Waals surface area contributed by atoms with Crippen LogP contribution in [-0.2, 0) is 9.53 Å². The molecule has 0 aromatic rings. The van der Waals surface area contributed by atoms with Crippen LogP contribution in [-0.4, -0.2) is 48.7 Å². The predicted octanol–water partition coefficient (Wildman–Crippen LogP) is 1.40. The Labute approximate surface area is 110 Å². The Balaban J connectivity index is 1.80. The molecule has 2 unspecified atom stereocenters. The van der Waals surface area contributed by atoms with Gasteiger partial charge in [-0.1, -0.05) is 0 Å². The fourth-order valence-corrected chi connectivity index (χ4v) is 3.09. The second-order valence-corrected chi connectivity index (χ2v) is 6.36. The van der Waals surface area contributed by atoms with E-state index in [0.717, 1.165) is 32.6 Å². The molecule has 2 aliphatic heterocycles. The van der Waals surface area contributed by atoms with Crippen molar-refractivity contribution in [1.29, 1.82) is 0 Å². The highest BCUT2D eigenvalue weighted by Gasteiger charge is 2.33. The first-order valence-corrected chi connectivity index (χ1v) is 7.12. The zero-order chi connectivity index (χ0) is 13.2. The van der Waals surface area contributed by atoms with E-state index in [2.05, 4.69) is 19.2 Å². The number of hydrogen-bond donors (Lipinski definition) is 1. The number of morpholine rings is 1. The van der Waals surface area contributed by atoms with Gasteiger partial charge < -0.3 is 15.0 Å². The van der Waals surface area contributed by atoms with Crippen molar-refractivity contribution in [2.24, 2.45) is 5.92 Å². The SMILES string of the molecule is CC1CN(C(=O)CCC2CCNC2)CC(C)(C)O1. The van der Waals surface area contributed by atoms with Gasteiger partial charge >= 0.3 is 0 Å². The van der Waals surface area contributed by atoms with Crippen LogP contribution in [0.5, 0.6) is 0 Å². The predicted molar refractivity (Wildman–Crippen MR) is 71.4 cm³/mol. The Kier molecular flexibility index (Phi) is 4.28. The van der Waals surface area contributed by atoms with Gasteiger partial charge in [-0.05, 0) is 52.6 Å². The van der Waals surface area contributed by atoms with E-state index in [1.807, 2.05) is 11.8 Å². The summed E-state index contributed by atoms with van der Waals surface area (Å²) >= 11 is 0. The van der Waals surface area contributed by atoms with Crippen LogP contribution in [0.15, 0.2) is 0 Å². The molecule has 2 heterocycles. The van der Waals surface area contributed by atoms with Crippen molar-refractivity contribution in [3.8, 4) is 0 Å². The van der Waals surface area contributed by atoms with Crippen LogP contribution < -0.4 is 5.32 Å². The molecule has 2 rings (SSSR count). The Bertz CT molecular complexity index is 298. The molecule has 2 aliphatic rings. The molecule has 0 aliphatic carbocycles. The molecule has 4 nitrogen and oxygen atoms in total. The van der Waals surface area contributed by atoms with Gasteiger partial charge in [0, 0.05) is 19.5 Å². The molecule has 104 valence electrons. The minimum atomic E-state index is -0.206. The Morgan fingerprint density at radius 3 is 2.89 bits per heavy atom. The van der Waals surface area contributed by atoms with Gasteiger partial charge in [-0.25, -0.2) is 0 Å². The van der Waals surface area contributed by atoms with Crippen LogP contribution >= 0.6 is 0 Å². The van der Waals surface area contributed by atoms with Crippen molar-refractivity contribution in [2.45, 2.75) is 51.7 Å². The van der Waals surface area contributed by atoms with Crippen LogP contribution in [0.2, 0.25) is 0 Å². The quantitative estimate of drug-likeness (QED) is 0.828. The monoisotopic (exact) mass is 254 g/mol. The normalized spacial score (nSPS) is 31.6. The minimum Gasteiger partial charge on any atom is -0.369 e. The molecule has 0 radical (unpaired) electrons. The van der Waals surface area contributed by atoms with Gasteiger partial charge in [0.2, 0.25) is 5.91 Å². The lowest BCUT2D eigenvalue weighted by atomic mass is 10.0. The first kappa shape index (κ1) is 13.8. The summed E-state index contributed by atoms with van der Waals surface area (Å²) in [4.78, 5) is 14.2. The lowest BCUT2D eigenvalue weighted by Crippen LogP contribution is -2.53. The second-order valence-electron chi connectivity index (χ2n) is 6.36. The molecule has 0 bridgehead atoms. The van der Waals surface area contributed by atoms with Gasteiger partial charge in [0.15, 0.2) is 0 Å². The van der Waals surface area contributed by atoms with E-state index in [9.17, 15) is 4.79 Å². The van der Waals surface area contributed by atoms with Crippen LogP contribution in [0.25, 0.3) is 0 Å². The van der Waals surface area contributed by atoms with Crippen molar-refractivity contribution >= 4 is 5.91 Å². The summed E-state index contributed by atoms with van der Waals surface area (Å²) in [6.07, 6.45) is 3.08. The molecule has 2 saturated heterocycles. The lowest BCUT2D eigenvalue weighted by molar-refractivity contribution is -0.158. The van der Waals surface area contributed by atoms with Crippen LogP contribution in [0.4, 0.5) is 0 Å². The van der Waals surface area contributed by atoms with E-state index in [1.54, 1.807) is 0 Å². The standard InChI is InChI=1S/C14H26N2O2/c1-11-9-16(10-14(2,3)18-11)13(17)5-4-12-6-7-15-8-12/h11-12,15H,4-10H2,1-3H3.